The van der Waals surface area contributed by atoms with Crippen LogP contribution in [0.2, 0.25) is 0 Å². The molecule has 0 N–H and O–H groups in total. The van der Waals surface area contributed by atoms with E-state index in [-0.39, 0.29) is 0 Å². The Morgan fingerprint density at radius 1 is 1.12 bits per heavy atom. The molecule has 16 heavy (non-hydrogen) atoms. The minimum absolute atomic E-state index is 0.386. The van der Waals surface area contributed by atoms with Crippen LogP contribution in [0.4, 0.5) is 0 Å². The standard InChI is InChI=1S/C14H23NO/c1-11-7-12(2)9-15(8-11)10-13-5-3-4-6-14(13)16/h10-12H,3-9H2,1-2H3. The van der Waals surface area contributed by atoms with E-state index in [2.05, 4.69) is 24.9 Å². The van der Waals surface area contributed by atoms with E-state index in [9.17, 15) is 4.79 Å². The Labute approximate surface area is 98.7 Å². The van der Waals surface area contributed by atoms with Crippen LogP contribution >= 0.6 is 0 Å². The molecule has 2 aliphatic rings. The van der Waals surface area contributed by atoms with Crippen LogP contribution in [0, 0.1) is 11.8 Å². The summed E-state index contributed by atoms with van der Waals surface area (Å²) < 4.78 is 0. The minimum Gasteiger partial charge on any atom is -0.377 e. The molecule has 0 spiro atoms. The molecule has 2 heteroatoms. The first kappa shape index (κ1) is 11.7. The van der Waals surface area contributed by atoms with Gasteiger partial charge >= 0.3 is 0 Å². The first-order chi connectivity index (χ1) is 7.65. The van der Waals surface area contributed by atoms with E-state index in [0.717, 1.165) is 49.8 Å². The molecule has 1 aliphatic heterocycles. The van der Waals surface area contributed by atoms with Gasteiger partial charge in [0.25, 0.3) is 0 Å². The predicted molar refractivity (Wildman–Crippen MR) is 66.1 cm³/mol. The van der Waals surface area contributed by atoms with E-state index in [1.807, 2.05) is 0 Å². The highest BCUT2D eigenvalue weighted by atomic mass is 16.1. The third kappa shape index (κ3) is 2.87. The van der Waals surface area contributed by atoms with Gasteiger partial charge in [-0.2, -0.15) is 0 Å². The van der Waals surface area contributed by atoms with Gasteiger partial charge in [-0.25, -0.2) is 0 Å². The molecule has 90 valence electrons. The van der Waals surface area contributed by atoms with E-state index < -0.39 is 0 Å². The lowest BCUT2D eigenvalue weighted by molar-refractivity contribution is -0.116. The molecule has 1 saturated heterocycles. The van der Waals surface area contributed by atoms with Crippen LogP contribution in [-0.4, -0.2) is 23.8 Å². The van der Waals surface area contributed by atoms with Gasteiger partial charge in [-0.15, -0.1) is 0 Å². The van der Waals surface area contributed by atoms with Crippen molar-refractivity contribution in [1.29, 1.82) is 0 Å². The number of carbonyl (C=O) groups excluding carboxylic acids is 1. The molecule has 0 aromatic rings. The zero-order valence-corrected chi connectivity index (χ0v) is 10.5. The minimum atomic E-state index is 0.386. The summed E-state index contributed by atoms with van der Waals surface area (Å²) in [7, 11) is 0. The molecule has 2 atom stereocenters. The monoisotopic (exact) mass is 221 g/mol. The van der Waals surface area contributed by atoms with Crippen LogP contribution in [0.5, 0.6) is 0 Å². The molecular weight excluding hydrogens is 198 g/mol. The van der Waals surface area contributed by atoms with Crippen molar-refractivity contribution in [3.8, 4) is 0 Å². The highest BCUT2D eigenvalue weighted by Gasteiger charge is 2.22. The van der Waals surface area contributed by atoms with E-state index in [1.54, 1.807) is 0 Å². The summed E-state index contributed by atoms with van der Waals surface area (Å²) >= 11 is 0. The number of carbonyl (C=O) groups is 1. The molecule has 0 radical (unpaired) electrons. The molecule has 2 fully saturated rings. The Morgan fingerprint density at radius 3 is 2.38 bits per heavy atom. The Hall–Kier alpha value is -0.790. The summed E-state index contributed by atoms with van der Waals surface area (Å²) in [5.74, 6) is 1.91. The molecule has 0 amide bonds. The zero-order chi connectivity index (χ0) is 11.5. The quantitative estimate of drug-likeness (QED) is 0.634. The first-order valence-electron chi connectivity index (χ1n) is 6.63. The fourth-order valence-corrected chi connectivity index (χ4v) is 3.07. The van der Waals surface area contributed by atoms with Gasteiger partial charge in [0.1, 0.15) is 0 Å². The number of hydrogen-bond donors (Lipinski definition) is 0. The number of rotatable bonds is 1. The van der Waals surface area contributed by atoms with Gasteiger partial charge in [-0.05, 0) is 37.5 Å². The molecule has 1 saturated carbocycles. The lowest BCUT2D eigenvalue weighted by Crippen LogP contribution is -2.35. The molecule has 0 aromatic carbocycles. The Balaban J connectivity index is 2.01. The zero-order valence-electron chi connectivity index (χ0n) is 10.5. The summed E-state index contributed by atoms with van der Waals surface area (Å²) in [6.45, 7) is 6.87. The van der Waals surface area contributed by atoms with E-state index >= 15 is 0 Å². The van der Waals surface area contributed by atoms with Crippen molar-refractivity contribution < 1.29 is 4.79 Å². The maximum Gasteiger partial charge on any atom is 0.160 e. The Bertz CT molecular complexity index is 285. The highest BCUT2D eigenvalue weighted by Crippen LogP contribution is 2.24. The van der Waals surface area contributed by atoms with Crippen LogP contribution in [0.3, 0.4) is 0 Å². The summed E-state index contributed by atoms with van der Waals surface area (Å²) in [5, 5.41) is 0. The molecule has 2 unspecified atom stereocenters. The highest BCUT2D eigenvalue weighted by molar-refractivity contribution is 5.95. The summed E-state index contributed by atoms with van der Waals surface area (Å²) in [6.07, 6.45) is 7.53. The van der Waals surface area contributed by atoms with Crippen molar-refractivity contribution in [3.63, 3.8) is 0 Å². The Kier molecular flexibility index (Phi) is 3.67. The van der Waals surface area contributed by atoms with Crippen LogP contribution in [-0.2, 0) is 4.79 Å². The number of likely N-dealkylation sites (tertiary alicyclic amines) is 1. The molecular formula is C14H23NO. The third-order valence-electron chi connectivity index (χ3n) is 3.69. The van der Waals surface area contributed by atoms with Crippen LogP contribution < -0.4 is 0 Å². The van der Waals surface area contributed by atoms with Gasteiger partial charge in [-0.1, -0.05) is 13.8 Å². The van der Waals surface area contributed by atoms with E-state index in [4.69, 9.17) is 0 Å². The topological polar surface area (TPSA) is 20.3 Å². The number of hydrogen-bond acceptors (Lipinski definition) is 2. The van der Waals surface area contributed by atoms with Crippen LogP contribution in [0.15, 0.2) is 11.8 Å². The number of piperidine rings is 1. The SMILES string of the molecule is CC1CC(C)CN(C=C2CCCCC2=O)C1. The maximum atomic E-state index is 11.7. The van der Waals surface area contributed by atoms with Crippen LogP contribution in [0.25, 0.3) is 0 Å². The second kappa shape index (κ2) is 5.03. The third-order valence-corrected chi connectivity index (χ3v) is 3.69. The van der Waals surface area contributed by atoms with Crippen molar-refractivity contribution in [2.24, 2.45) is 11.8 Å². The normalized spacial score (nSPS) is 34.5. The predicted octanol–water partition coefficient (Wildman–Crippen LogP) is 2.99. The summed E-state index contributed by atoms with van der Waals surface area (Å²) in [4.78, 5) is 14.1. The van der Waals surface area contributed by atoms with Gasteiger partial charge in [0.2, 0.25) is 0 Å². The van der Waals surface area contributed by atoms with Crippen molar-refractivity contribution in [3.05, 3.63) is 11.8 Å². The van der Waals surface area contributed by atoms with Crippen molar-refractivity contribution >= 4 is 5.78 Å². The van der Waals surface area contributed by atoms with Crippen molar-refractivity contribution in [1.82, 2.24) is 4.90 Å². The molecule has 0 bridgehead atoms. The van der Waals surface area contributed by atoms with Gasteiger partial charge < -0.3 is 4.90 Å². The molecule has 1 aliphatic carbocycles. The van der Waals surface area contributed by atoms with E-state index in [1.165, 1.54) is 12.8 Å². The number of allylic oxidation sites excluding steroid dienone is 1. The smallest absolute Gasteiger partial charge is 0.160 e. The lowest BCUT2D eigenvalue weighted by atomic mass is 9.90. The second-order valence-corrected chi connectivity index (χ2v) is 5.68. The second-order valence-electron chi connectivity index (χ2n) is 5.68. The Morgan fingerprint density at radius 2 is 1.75 bits per heavy atom. The lowest BCUT2D eigenvalue weighted by Gasteiger charge is -2.35. The van der Waals surface area contributed by atoms with Gasteiger partial charge in [0.15, 0.2) is 5.78 Å². The number of nitrogens with zero attached hydrogens (tertiary/aromatic N) is 1. The average molecular weight is 221 g/mol. The first-order valence-corrected chi connectivity index (χ1v) is 6.63. The van der Waals surface area contributed by atoms with Crippen LogP contribution in [0.1, 0.15) is 46.0 Å². The molecule has 2 rings (SSSR count). The fraction of sp³-hybridized carbons (Fsp3) is 0.786. The van der Waals surface area contributed by atoms with E-state index in [0.29, 0.717) is 5.78 Å². The molecule has 2 nitrogen and oxygen atoms in total. The van der Waals surface area contributed by atoms with Crippen molar-refractivity contribution in [2.45, 2.75) is 46.0 Å². The summed E-state index contributed by atoms with van der Waals surface area (Å²) in [6, 6.07) is 0. The fourth-order valence-electron chi connectivity index (χ4n) is 3.07. The van der Waals surface area contributed by atoms with Crippen molar-refractivity contribution in [2.75, 3.05) is 13.1 Å². The molecule has 0 aromatic heterocycles. The number of ketones is 1. The van der Waals surface area contributed by atoms with Gasteiger partial charge in [-0.3, -0.25) is 4.79 Å². The van der Waals surface area contributed by atoms with Gasteiger partial charge in [0, 0.05) is 31.3 Å². The maximum absolute atomic E-state index is 11.7. The average Bonchev–Trinajstić information content (AvgIpc) is 2.20. The van der Waals surface area contributed by atoms with Gasteiger partial charge in [0.05, 0.1) is 0 Å². The molecule has 1 heterocycles. The largest absolute Gasteiger partial charge is 0.377 e. The summed E-state index contributed by atoms with van der Waals surface area (Å²) in [5.41, 5.74) is 1.08. The number of Topliss-reactive ketones (excluding diaryl/α,β-unsaturated/α-hetero) is 1.